The summed E-state index contributed by atoms with van der Waals surface area (Å²) in [5.74, 6) is -0.131. The van der Waals surface area contributed by atoms with Crippen LogP contribution in [0.4, 0.5) is 5.69 Å². The molecule has 0 aliphatic heterocycles. The molecule has 82 valence electrons. The van der Waals surface area contributed by atoms with E-state index in [9.17, 15) is 4.79 Å². The molecule has 0 atom stereocenters. The zero-order chi connectivity index (χ0) is 11.4. The molecule has 0 aliphatic rings. The number of aromatic amines is 1. The van der Waals surface area contributed by atoms with E-state index in [1.54, 1.807) is 18.3 Å². The van der Waals surface area contributed by atoms with E-state index in [-0.39, 0.29) is 5.91 Å². The van der Waals surface area contributed by atoms with Gasteiger partial charge in [0.05, 0.1) is 0 Å². The fourth-order valence-electron chi connectivity index (χ4n) is 1.44. The maximum absolute atomic E-state index is 11.6. The van der Waals surface area contributed by atoms with Crippen molar-refractivity contribution in [2.45, 2.75) is 6.54 Å². The van der Waals surface area contributed by atoms with E-state index in [4.69, 9.17) is 5.73 Å². The lowest BCUT2D eigenvalue weighted by molar-refractivity contribution is 0.0946. The quantitative estimate of drug-likeness (QED) is 0.679. The Morgan fingerprint density at radius 1 is 1.25 bits per heavy atom. The first-order valence-corrected chi connectivity index (χ1v) is 5.02. The minimum absolute atomic E-state index is 0.131. The third-order valence-corrected chi connectivity index (χ3v) is 2.34. The van der Waals surface area contributed by atoms with E-state index < -0.39 is 0 Å². The van der Waals surface area contributed by atoms with Gasteiger partial charge in [0.1, 0.15) is 5.69 Å². The van der Waals surface area contributed by atoms with Crippen LogP contribution in [-0.2, 0) is 6.54 Å². The number of benzene rings is 1. The van der Waals surface area contributed by atoms with E-state index in [0.29, 0.717) is 17.9 Å². The highest BCUT2D eigenvalue weighted by atomic mass is 16.1. The first kappa shape index (κ1) is 10.3. The highest BCUT2D eigenvalue weighted by Crippen LogP contribution is 2.09. The summed E-state index contributed by atoms with van der Waals surface area (Å²) in [5.41, 5.74) is 7.92. The van der Waals surface area contributed by atoms with Crippen LogP contribution in [0.2, 0.25) is 0 Å². The molecule has 1 amide bonds. The number of nitrogens with one attached hydrogen (secondary N) is 2. The van der Waals surface area contributed by atoms with E-state index in [2.05, 4.69) is 10.3 Å². The number of nitrogens with two attached hydrogens (primary N) is 1. The maximum Gasteiger partial charge on any atom is 0.267 e. The molecule has 0 bridgehead atoms. The third-order valence-electron chi connectivity index (χ3n) is 2.34. The Morgan fingerprint density at radius 2 is 2.06 bits per heavy atom. The second kappa shape index (κ2) is 4.53. The number of amides is 1. The molecule has 4 nitrogen and oxygen atoms in total. The number of hydrogen-bond acceptors (Lipinski definition) is 2. The van der Waals surface area contributed by atoms with Crippen LogP contribution < -0.4 is 11.1 Å². The van der Waals surface area contributed by atoms with Crippen molar-refractivity contribution in [3.8, 4) is 0 Å². The van der Waals surface area contributed by atoms with Gasteiger partial charge in [-0.2, -0.15) is 0 Å². The number of hydrogen-bond donors (Lipinski definition) is 3. The molecule has 0 saturated carbocycles. The van der Waals surface area contributed by atoms with E-state index >= 15 is 0 Å². The summed E-state index contributed by atoms with van der Waals surface area (Å²) >= 11 is 0. The molecule has 0 unspecified atom stereocenters. The number of H-pyrrole nitrogens is 1. The lowest BCUT2D eigenvalue weighted by atomic mass is 10.2. The summed E-state index contributed by atoms with van der Waals surface area (Å²) in [6.07, 6.45) is 1.71. The smallest absolute Gasteiger partial charge is 0.267 e. The summed E-state index contributed by atoms with van der Waals surface area (Å²) < 4.78 is 0. The van der Waals surface area contributed by atoms with Gasteiger partial charge in [-0.25, -0.2) is 0 Å². The van der Waals surface area contributed by atoms with Crippen LogP contribution in [0, 0.1) is 0 Å². The predicted octanol–water partition coefficient (Wildman–Crippen LogP) is 1.53. The third kappa shape index (κ3) is 2.23. The number of carbonyl (C=O) groups is 1. The fraction of sp³-hybridized carbons (Fsp3) is 0.0833. The molecule has 4 N–H and O–H groups in total. The number of para-hydroxylation sites is 1. The van der Waals surface area contributed by atoms with Crippen LogP contribution in [0.3, 0.4) is 0 Å². The van der Waals surface area contributed by atoms with Gasteiger partial charge in [0.15, 0.2) is 0 Å². The van der Waals surface area contributed by atoms with Crippen LogP contribution in [-0.4, -0.2) is 10.9 Å². The Morgan fingerprint density at radius 3 is 2.75 bits per heavy atom. The van der Waals surface area contributed by atoms with Crippen LogP contribution in [0.15, 0.2) is 42.6 Å². The summed E-state index contributed by atoms with van der Waals surface area (Å²) in [4.78, 5) is 14.5. The van der Waals surface area contributed by atoms with Crippen LogP contribution in [0.1, 0.15) is 16.1 Å². The van der Waals surface area contributed by atoms with Crippen molar-refractivity contribution in [3.05, 3.63) is 53.9 Å². The Balaban J connectivity index is 1.98. The Hall–Kier alpha value is -2.23. The first-order chi connectivity index (χ1) is 7.77. The van der Waals surface area contributed by atoms with Crippen molar-refractivity contribution in [2.75, 3.05) is 5.73 Å². The van der Waals surface area contributed by atoms with Gasteiger partial charge in [-0.15, -0.1) is 0 Å². The number of carbonyl (C=O) groups excluding carboxylic acids is 1. The zero-order valence-corrected chi connectivity index (χ0v) is 8.73. The standard InChI is InChI=1S/C12H13N3O/c13-10-5-2-1-4-9(10)8-15-12(16)11-6-3-7-14-11/h1-7,14H,8,13H2,(H,15,16). The van der Waals surface area contributed by atoms with Crippen molar-refractivity contribution in [2.24, 2.45) is 0 Å². The minimum Gasteiger partial charge on any atom is -0.398 e. The molecule has 1 aromatic heterocycles. The van der Waals surface area contributed by atoms with Crippen molar-refractivity contribution in [1.82, 2.24) is 10.3 Å². The average Bonchev–Trinajstić information content (AvgIpc) is 2.81. The molecule has 2 aromatic rings. The Labute approximate surface area is 93.5 Å². The summed E-state index contributed by atoms with van der Waals surface area (Å²) in [6, 6.07) is 11.0. The molecule has 16 heavy (non-hydrogen) atoms. The molecule has 0 radical (unpaired) electrons. The topological polar surface area (TPSA) is 70.9 Å². The summed E-state index contributed by atoms with van der Waals surface area (Å²) in [7, 11) is 0. The number of nitrogen functional groups attached to an aromatic ring is 1. The number of anilines is 1. The van der Waals surface area contributed by atoms with Crippen LogP contribution in [0.5, 0.6) is 0 Å². The summed E-state index contributed by atoms with van der Waals surface area (Å²) in [5, 5.41) is 2.79. The van der Waals surface area contributed by atoms with Gasteiger partial charge < -0.3 is 16.0 Å². The van der Waals surface area contributed by atoms with Crippen LogP contribution in [0.25, 0.3) is 0 Å². The average molecular weight is 215 g/mol. The zero-order valence-electron chi connectivity index (χ0n) is 8.73. The second-order valence-electron chi connectivity index (χ2n) is 3.47. The number of aromatic nitrogens is 1. The summed E-state index contributed by atoms with van der Waals surface area (Å²) in [6.45, 7) is 0.435. The van der Waals surface area contributed by atoms with Crippen molar-refractivity contribution in [1.29, 1.82) is 0 Å². The van der Waals surface area contributed by atoms with Gasteiger partial charge in [-0.1, -0.05) is 18.2 Å². The van der Waals surface area contributed by atoms with Crippen molar-refractivity contribution < 1.29 is 4.79 Å². The molecule has 0 saturated heterocycles. The molecular formula is C12H13N3O. The Bertz CT molecular complexity index is 477. The number of rotatable bonds is 3. The van der Waals surface area contributed by atoms with Gasteiger partial charge in [-0.3, -0.25) is 4.79 Å². The van der Waals surface area contributed by atoms with Crippen molar-refractivity contribution >= 4 is 11.6 Å². The minimum atomic E-state index is -0.131. The molecule has 0 spiro atoms. The lowest BCUT2D eigenvalue weighted by Gasteiger charge is -2.06. The second-order valence-corrected chi connectivity index (χ2v) is 3.47. The molecular weight excluding hydrogens is 202 g/mol. The normalized spacial score (nSPS) is 10.0. The van der Waals surface area contributed by atoms with Gasteiger partial charge in [-0.05, 0) is 23.8 Å². The molecule has 0 fully saturated rings. The highest BCUT2D eigenvalue weighted by molar-refractivity contribution is 5.92. The van der Waals surface area contributed by atoms with Gasteiger partial charge >= 0.3 is 0 Å². The maximum atomic E-state index is 11.6. The van der Waals surface area contributed by atoms with Gasteiger partial charge in [0.2, 0.25) is 0 Å². The Kier molecular flexibility index (Phi) is 2.91. The lowest BCUT2D eigenvalue weighted by Crippen LogP contribution is -2.23. The van der Waals surface area contributed by atoms with Crippen molar-refractivity contribution in [3.63, 3.8) is 0 Å². The monoisotopic (exact) mass is 215 g/mol. The fourth-order valence-corrected chi connectivity index (χ4v) is 1.44. The molecule has 2 rings (SSSR count). The van der Waals surface area contributed by atoms with Crippen LogP contribution >= 0.6 is 0 Å². The van der Waals surface area contributed by atoms with Gasteiger partial charge in [0.25, 0.3) is 5.91 Å². The van der Waals surface area contributed by atoms with E-state index in [0.717, 1.165) is 5.56 Å². The molecule has 1 aromatic carbocycles. The van der Waals surface area contributed by atoms with E-state index in [1.807, 2.05) is 24.3 Å². The predicted molar refractivity (Wildman–Crippen MR) is 62.8 cm³/mol. The molecule has 1 heterocycles. The first-order valence-electron chi connectivity index (χ1n) is 5.02. The largest absolute Gasteiger partial charge is 0.398 e. The van der Waals surface area contributed by atoms with Gasteiger partial charge in [0, 0.05) is 18.4 Å². The SMILES string of the molecule is Nc1ccccc1CNC(=O)c1ccc[nH]1. The molecule has 0 aliphatic carbocycles. The molecule has 4 heteroatoms. The van der Waals surface area contributed by atoms with E-state index in [1.165, 1.54) is 0 Å². The highest BCUT2D eigenvalue weighted by Gasteiger charge is 2.05.